The monoisotopic (exact) mass is 497 g/mol. The lowest BCUT2D eigenvalue weighted by Crippen LogP contribution is -2.40. The Morgan fingerprint density at radius 1 is 1.26 bits per heavy atom. The second-order valence-corrected chi connectivity index (χ2v) is 11.5. The summed E-state index contributed by atoms with van der Waals surface area (Å²) in [7, 11) is -3.65. The molecule has 4 rings (SSSR count). The van der Waals surface area contributed by atoms with Crippen LogP contribution in [0, 0.1) is 6.92 Å². The molecule has 0 saturated carbocycles. The maximum Gasteiger partial charge on any atom is 0.243 e. The van der Waals surface area contributed by atoms with Gasteiger partial charge in [0.05, 0.1) is 34.1 Å². The number of rotatable bonds is 6. The van der Waals surface area contributed by atoms with Crippen molar-refractivity contribution in [2.45, 2.75) is 16.2 Å². The Balaban J connectivity index is 1.43. The summed E-state index contributed by atoms with van der Waals surface area (Å²) in [6, 6.07) is 10.4. The van der Waals surface area contributed by atoms with Gasteiger partial charge in [0, 0.05) is 23.8 Å². The molecule has 7 nitrogen and oxygen atoms in total. The maximum absolute atomic E-state index is 13.0. The number of sulfonamides is 1. The van der Waals surface area contributed by atoms with Crippen LogP contribution in [0.3, 0.4) is 0 Å². The zero-order valence-corrected chi connectivity index (χ0v) is 19.8. The van der Waals surface area contributed by atoms with E-state index in [2.05, 4.69) is 10.3 Å². The Bertz CT molecular complexity index is 1220. The van der Waals surface area contributed by atoms with E-state index in [1.165, 1.54) is 33.5 Å². The van der Waals surface area contributed by atoms with Crippen molar-refractivity contribution in [2.75, 3.05) is 37.4 Å². The van der Waals surface area contributed by atoms with Crippen LogP contribution in [0.25, 0.3) is 10.2 Å². The smallest absolute Gasteiger partial charge is 0.243 e. The molecular weight excluding hydrogens is 478 g/mol. The number of thioether (sulfide) groups is 1. The number of thiazole rings is 1. The molecule has 0 bridgehead atoms. The van der Waals surface area contributed by atoms with Gasteiger partial charge in [-0.05, 0) is 42.8 Å². The molecule has 0 atom stereocenters. The first-order valence-electron chi connectivity index (χ1n) is 9.50. The molecule has 31 heavy (non-hydrogen) atoms. The van der Waals surface area contributed by atoms with Gasteiger partial charge in [-0.1, -0.05) is 29.4 Å². The van der Waals surface area contributed by atoms with E-state index in [0.717, 1.165) is 14.6 Å². The highest BCUT2D eigenvalue weighted by Crippen LogP contribution is 2.31. The van der Waals surface area contributed by atoms with Gasteiger partial charge in [-0.2, -0.15) is 4.31 Å². The first kappa shape index (κ1) is 22.5. The van der Waals surface area contributed by atoms with Gasteiger partial charge in [-0.25, -0.2) is 13.4 Å². The number of nitrogens with zero attached hydrogens (tertiary/aromatic N) is 2. The Labute approximate surface area is 193 Å². The van der Waals surface area contributed by atoms with Crippen molar-refractivity contribution < 1.29 is 17.9 Å². The highest BCUT2D eigenvalue weighted by molar-refractivity contribution is 8.01. The third kappa shape index (κ3) is 5.21. The summed E-state index contributed by atoms with van der Waals surface area (Å²) >= 11 is 8.82. The number of ether oxygens (including phenoxy) is 1. The van der Waals surface area contributed by atoms with E-state index in [-0.39, 0.29) is 16.6 Å². The fraction of sp³-hybridized carbons (Fsp3) is 0.300. The van der Waals surface area contributed by atoms with Crippen molar-refractivity contribution in [2.24, 2.45) is 0 Å². The van der Waals surface area contributed by atoms with Crippen LogP contribution in [0.1, 0.15) is 5.56 Å². The average molecular weight is 498 g/mol. The van der Waals surface area contributed by atoms with Crippen LogP contribution < -0.4 is 5.32 Å². The predicted molar refractivity (Wildman–Crippen MR) is 125 cm³/mol. The zero-order valence-electron chi connectivity index (χ0n) is 16.6. The van der Waals surface area contributed by atoms with Gasteiger partial charge in [0.2, 0.25) is 15.9 Å². The van der Waals surface area contributed by atoms with E-state index in [4.69, 9.17) is 16.3 Å². The summed E-state index contributed by atoms with van der Waals surface area (Å²) in [6.45, 7) is 3.15. The highest BCUT2D eigenvalue weighted by atomic mass is 35.5. The number of benzene rings is 2. The van der Waals surface area contributed by atoms with E-state index in [1.807, 2.05) is 12.1 Å². The molecule has 0 spiro atoms. The fourth-order valence-electron chi connectivity index (χ4n) is 3.15. The molecule has 1 amide bonds. The first-order valence-corrected chi connectivity index (χ1v) is 13.1. The summed E-state index contributed by atoms with van der Waals surface area (Å²) < 4.78 is 34.4. The SMILES string of the molecule is Cc1ccc(NC(=O)CSc2nc3cc(Cl)ccc3s2)cc1S(=O)(=O)N1CCOCC1. The lowest BCUT2D eigenvalue weighted by Gasteiger charge is -2.26. The number of morpholine rings is 1. The number of aryl methyl sites for hydroxylation is 1. The molecule has 3 aromatic rings. The highest BCUT2D eigenvalue weighted by Gasteiger charge is 2.28. The van der Waals surface area contributed by atoms with Crippen LogP contribution >= 0.6 is 34.7 Å². The minimum absolute atomic E-state index is 0.160. The van der Waals surface area contributed by atoms with Crippen molar-refractivity contribution in [3.63, 3.8) is 0 Å². The summed E-state index contributed by atoms with van der Waals surface area (Å²) in [6.07, 6.45) is 0. The van der Waals surface area contributed by atoms with Crippen molar-refractivity contribution in [1.29, 1.82) is 0 Å². The second kappa shape index (κ2) is 9.43. The minimum Gasteiger partial charge on any atom is -0.379 e. The quantitative estimate of drug-likeness (QED) is 0.518. The fourth-order valence-corrected chi connectivity index (χ4v) is 6.82. The number of amides is 1. The molecule has 0 unspecified atom stereocenters. The van der Waals surface area contributed by atoms with Gasteiger partial charge in [0.15, 0.2) is 4.34 Å². The van der Waals surface area contributed by atoms with E-state index < -0.39 is 10.0 Å². The average Bonchev–Trinajstić information content (AvgIpc) is 3.16. The predicted octanol–water partition coefficient (Wildman–Crippen LogP) is 4.01. The molecular formula is C20H20ClN3O4S3. The Morgan fingerprint density at radius 2 is 2.03 bits per heavy atom. The first-order chi connectivity index (χ1) is 14.8. The van der Waals surface area contributed by atoms with Crippen molar-refractivity contribution in [3.8, 4) is 0 Å². The molecule has 0 radical (unpaired) electrons. The van der Waals surface area contributed by atoms with Crippen LogP contribution in [0.4, 0.5) is 5.69 Å². The second-order valence-electron chi connectivity index (χ2n) is 6.93. The molecule has 1 fully saturated rings. The van der Waals surface area contributed by atoms with Gasteiger partial charge in [0.25, 0.3) is 0 Å². The van der Waals surface area contributed by atoms with Crippen LogP contribution in [-0.2, 0) is 19.6 Å². The molecule has 0 aliphatic carbocycles. The lowest BCUT2D eigenvalue weighted by atomic mass is 10.2. The lowest BCUT2D eigenvalue weighted by molar-refractivity contribution is -0.113. The number of halogens is 1. The molecule has 164 valence electrons. The van der Waals surface area contributed by atoms with Crippen molar-refractivity contribution in [3.05, 3.63) is 47.0 Å². The number of nitrogens with one attached hydrogen (secondary N) is 1. The standard InChI is InChI=1S/C20H20ClN3O4S3/c1-13-2-4-15(11-18(13)31(26,27)24-6-8-28-9-7-24)22-19(25)12-29-20-23-16-10-14(21)3-5-17(16)30-20/h2-5,10-11H,6-9,12H2,1H3,(H,22,25). The molecule has 11 heteroatoms. The molecule has 1 aliphatic heterocycles. The topological polar surface area (TPSA) is 88.6 Å². The van der Waals surface area contributed by atoms with Crippen LogP contribution in [-0.4, -0.2) is 55.7 Å². The van der Waals surface area contributed by atoms with Gasteiger partial charge >= 0.3 is 0 Å². The van der Waals surface area contributed by atoms with E-state index >= 15 is 0 Å². The van der Waals surface area contributed by atoms with Gasteiger partial charge in [-0.3, -0.25) is 4.79 Å². The van der Waals surface area contributed by atoms with Gasteiger partial charge in [-0.15, -0.1) is 11.3 Å². The summed E-state index contributed by atoms with van der Waals surface area (Å²) in [4.78, 5) is 17.1. The zero-order chi connectivity index (χ0) is 22.0. The minimum atomic E-state index is -3.65. The van der Waals surface area contributed by atoms with Gasteiger partial charge < -0.3 is 10.1 Å². The van der Waals surface area contributed by atoms with Crippen LogP contribution in [0.15, 0.2) is 45.6 Å². The maximum atomic E-state index is 13.0. The number of hydrogen-bond acceptors (Lipinski definition) is 7. The third-order valence-corrected chi connectivity index (χ3v) is 9.17. The Morgan fingerprint density at radius 3 is 2.81 bits per heavy atom. The van der Waals surface area contributed by atoms with Crippen molar-refractivity contribution >= 4 is 66.5 Å². The van der Waals surface area contributed by atoms with Crippen LogP contribution in [0.5, 0.6) is 0 Å². The molecule has 2 aromatic carbocycles. The number of carbonyl (C=O) groups is 1. The Kier molecular flexibility index (Phi) is 6.85. The largest absolute Gasteiger partial charge is 0.379 e. The number of carbonyl (C=O) groups excluding carboxylic acids is 1. The normalized spacial score (nSPS) is 15.3. The molecule has 2 heterocycles. The summed E-state index contributed by atoms with van der Waals surface area (Å²) in [5.74, 6) is -0.0756. The molecule has 1 aromatic heterocycles. The Hall–Kier alpha value is -1.69. The molecule has 1 saturated heterocycles. The van der Waals surface area contributed by atoms with E-state index in [1.54, 1.807) is 25.1 Å². The number of hydrogen-bond donors (Lipinski definition) is 1. The number of anilines is 1. The number of fused-ring (bicyclic) bond motifs is 1. The number of aromatic nitrogens is 1. The van der Waals surface area contributed by atoms with Crippen molar-refractivity contribution in [1.82, 2.24) is 9.29 Å². The van der Waals surface area contributed by atoms with Crippen LogP contribution in [0.2, 0.25) is 5.02 Å². The van der Waals surface area contributed by atoms with E-state index in [9.17, 15) is 13.2 Å². The molecule has 1 N–H and O–H groups in total. The van der Waals surface area contributed by atoms with E-state index in [0.29, 0.717) is 42.6 Å². The summed E-state index contributed by atoms with van der Waals surface area (Å²) in [5.41, 5.74) is 1.88. The third-order valence-electron chi connectivity index (χ3n) is 4.72. The molecule has 1 aliphatic rings. The van der Waals surface area contributed by atoms with Gasteiger partial charge in [0.1, 0.15) is 0 Å². The summed E-state index contributed by atoms with van der Waals surface area (Å²) in [5, 5.41) is 3.41.